The third-order valence-corrected chi connectivity index (χ3v) is 9.20. The van der Waals surface area contributed by atoms with Gasteiger partial charge < -0.3 is 28.8 Å². The van der Waals surface area contributed by atoms with Gasteiger partial charge in [-0.25, -0.2) is 9.59 Å². The molecule has 0 aromatic heterocycles. The van der Waals surface area contributed by atoms with Crippen LogP contribution in [0.25, 0.3) is 0 Å². The minimum absolute atomic E-state index is 0.185. The van der Waals surface area contributed by atoms with E-state index in [0.29, 0.717) is 0 Å². The summed E-state index contributed by atoms with van der Waals surface area (Å²) in [6.07, 6.45) is -12.3. The predicted octanol–water partition coefficient (Wildman–Crippen LogP) is 5.91. The molecule has 1 aliphatic heterocycles. The number of methoxy groups -OCH3 is 2. The number of hydrogen-bond acceptors (Lipinski definition) is 8. The van der Waals surface area contributed by atoms with Gasteiger partial charge in [0.25, 0.3) is 11.2 Å². The second kappa shape index (κ2) is 12.2. The van der Waals surface area contributed by atoms with Gasteiger partial charge in [-0.15, -0.1) is 0 Å². The van der Waals surface area contributed by atoms with Gasteiger partial charge in [-0.2, -0.15) is 26.3 Å². The van der Waals surface area contributed by atoms with E-state index >= 15 is 0 Å². The van der Waals surface area contributed by atoms with Crippen molar-refractivity contribution in [3.63, 3.8) is 0 Å². The van der Waals surface area contributed by atoms with Crippen molar-refractivity contribution in [1.29, 1.82) is 0 Å². The Morgan fingerprint density at radius 3 is 1.72 bits per heavy atom. The van der Waals surface area contributed by atoms with Gasteiger partial charge in [0.2, 0.25) is 0 Å². The Bertz CT molecular complexity index is 1480. The van der Waals surface area contributed by atoms with Gasteiger partial charge in [0.15, 0.2) is 0 Å². The first-order valence-corrected chi connectivity index (χ1v) is 14.6. The number of epoxide rings is 1. The zero-order valence-corrected chi connectivity index (χ0v) is 26.4. The van der Waals surface area contributed by atoms with E-state index in [2.05, 4.69) is 0 Å². The molecule has 8 nitrogen and oxygen atoms in total. The Labute approximate surface area is 267 Å². The third-order valence-electron chi connectivity index (χ3n) is 9.20. The number of esters is 2. The highest BCUT2D eigenvalue weighted by Gasteiger charge is 2.80. The number of carbonyl (C=O) groups excluding carboxylic acids is 2. The number of rotatable bonds is 10. The van der Waals surface area contributed by atoms with Crippen LogP contribution in [0.15, 0.2) is 72.8 Å². The molecule has 0 bridgehead atoms. The maximum absolute atomic E-state index is 14.4. The number of aliphatic hydroxyl groups is 1. The number of halogens is 6. The molecule has 0 amide bonds. The van der Waals surface area contributed by atoms with Crippen LogP contribution in [0, 0.1) is 5.41 Å². The van der Waals surface area contributed by atoms with E-state index in [9.17, 15) is 41.0 Å². The maximum Gasteiger partial charge on any atom is 0.432 e. The van der Waals surface area contributed by atoms with E-state index in [4.69, 9.17) is 23.7 Å². The molecule has 7 atom stereocenters. The molecule has 0 unspecified atom stereocenters. The topological polar surface area (TPSA) is 104 Å². The number of aliphatic hydroxyl groups excluding tert-OH is 1. The minimum atomic E-state index is -5.23. The van der Waals surface area contributed by atoms with Crippen LogP contribution in [-0.4, -0.2) is 73.1 Å². The first kappa shape index (κ1) is 36.4. The van der Waals surface area contributed by atoms with Crippen LogP contribution in [-0.2, 0) is 44.5 Å². The molecule has 2 aromatic rings. The van der Waals surface area contributed by atoms with E-state index in [1.807, 2.05) is 0 Å². The monoisotopic (exact) mass is 674 g/mol. The second-order valence-corrected chi connectivity index (χ2v) is 12.4. The van der Waals surface area contributed by atoms with Crippen molar-refractivity contribution in [3.8, 4) is 0 Å². The molecule has 0 radical (unpaired) electrons. The van der Waals surface area contributed by atoms with Gasteiger partial charge in [0, 0.05) is 30.8 Å². The summed E-state index contributed by atoms with van der Waals surface area (Å²) in [5, 5.41) is 11.3. The molecule has 258 valence electrons. The van der Waals surface area contributed by atoms with E-state index in [1.165, 1.54) is 62.4 Å². The normalized spacial score (nSPS) is 28.8. The van der Waals surface area contributed by atoms with Gasteiger partial charge in [-0.05, 0) is 32.4 Å². The molecule has 2 aliphatic rings. The van der Waals surface area contributed by atoms with E-state index in [1.54, 1.807) is 13.8 Å². The van der Waals surface area contributed by atoms with E-state index in [0.717, 1.165) is 38.5 Å². The highest BCUT2D eigenvalue weighted by molar-refractivity contribution is 5.83. The third kappa shape index (κ3) is 5.62. The lowest BCUT2D eigenvalue weighted by molar-refractivity contribution is -0.281. The summed E-state index contributed by atoms with van der Waals surface area (Å²) in [6.45, 7) is 6.09. The largest absolute Gasteiger partial charge is 0.457 e. The average molecular weight is 675 g/mol. The Kier molecular flexibility index (Phi) is 9.45. The summed E-state index contributed by atoms with van der Waals surface area (Å²) >= 11 is 0. The summed E-state index contributed by atoms with van der Waals surface area (Å²) in [6, 6.07) is 12.5. The Balaban J connectivity index is 1.57. The molecule has 1 aliphatic carbocycles. The molecule has 1 saturated carbocycles. The fraction of sp³-hybridized carbons (Fsp3) is 0.515. The summed E-state index contributed by atoms with van der Waals surface area (Å²) in [4.78, 5) is 26.3. The van der Waals surface area contributed by atoms with Gasteiger partial charge in [0.05, 0.1) is 0 Å². The van der Waals surface area contributed by atoms with Crippen molar-refractivity contribution in [1.82, 2.24) is 0 Å². The Morgan fingerprint density at radius 2 is 1.30 bits per heavy atom. The Hall–Kier alpha value is -3.46. The molecule has 47 heavy (non-hydrogen) atoms. The average Bonchev–Trinajstić information content (AvgIpc) is 3.64. The zero-order chi connectivity index (χ0) is 35.3. The van der Waals surface area contributed by atoms with Crippen molar-refractivity contribution >= 4 is 11.9 Å². The standard InChI is InChI=1S/C33H36F6O8/c1-20(45-25(41)30(43-5,32(34,35)36)21-13-9-7-10-14-21)17-18-29-27(2,3)19-23(24(40)28(29,4)47-29)46-26(42)31(44-6,33(37,38)39)22-15-11-8-12-16-22/h7-18,20,23-24,40H,19H2,1-6H3/b18-17+/t20-,23-,24-,28-,29+,30+,31+/m0/s1. The Morgan fingerprint density at radius 1 is 0.851 bits per heavy atom. The zero-order valence-electron chi connectivity index (χ0n) is 26.4. The molecule has 1 N–H and O–H groups in total. The number of benzene rings is 2. The van der Waals surface area contributed by atoms with Crippen molar-refractivity contribution < 1.29 is 64.7 Å². The molecular formula is C33H36F6O8. The van der Waals surface area contributed by atoms with Crippen LogP contribution in [0.5, 0.6) is 0 Å². The van der Waals surface area contributed by atoms with E-state index in [-0.39, 0.29) is 6.42 Å². The lowest BCUT2D eigenvalue weighted by Gasteiger charge is -2.44. The molecule has 2 aromatic carbocycles. The lowest BCUT2D eigenvalue weighted by Crippen LogP contribution is -2.59. The van der Waals surface area contributed by atoms with E-state index < -0.39 is 81.5 Å². The molecule has 0 spiro atoms. The van der Waals surface area contributed by atoms with Crippen LogP contribution in [0.1, 0.15) is 45.2 Å². The van der Waals surface area contributed by atoms with Crippen LogP contribution in [0.4, 0.5) is 26.3 Å². The smallest absolute Gasteiger partial charge is 0.432 e. The van der Waals surface area contributed by atoms with Gasteiger partial charge in [-0.3, -0.25) is 0 Å². The summed E-state index contributed by atoms with van der Waals surface area (Å²) < 4.78 is 112. The SMILES string of the molecule is CO[C@@](C(=O)O[C@H]1CC(C)(C)[C@@]2(/C=C/[C@H](C)OC(=O)[C@](OC)(c3ccccc3)C(F)(F)F)O[C@@]2(C)[C@H]1O)(c1ccccc1)C(F)(F)F. The minimum Gasteiger partial charge on any atom is -0.457 e. The van der Waals surface area contributed by atoms with Crippen molar-refractivity contribution in [2.75, 3.05) is 14.2 Å². The molecule has 2 fully saturated rings. The fourth-order valence-corrected chi connectivity index (χ4v) is 6.61. The molecule has 1 heterocycles. The van der Waals surface area contributed by atoms with Crippen molar-refractivity contribution in [2.24, 2.45) is 5.41 Å². The summed E-state index contributed by atoms with van der Waals surface area (Å²) in [5.41, 5.74) is -11.8. The highest BCUT2D eigenvalue weighted by atomic mass is 19.4. The van der Waals surface area contributed by atoms with Crippen LogP contribution >= 0.6 is 0 Å². The number of hydrogen-bond donors (Lipinski definition) is 1. The quantitative estimate of drug-likeness (QED) is 0.144. The van der Waals surface area contributed by atoms with Crippen LogP contribution in [0.3, 0.4) is 0 Å². The second-order valence-electron chi connectivity index (χ2n) is 12.4. The number of alkyl halides is 6. The lowest BCUT2D eigenvalue weighted by atomic mass is 9.61. The van der Waals surface area contributed by atoms with Gasteiger partial charge in [0.1, 0.15) is 29.5 Å². The highest BCUT2D eigenvalue weighted by Crippen LogP contribution is 2.66. The van der Waals surface area contributed by atoms with Crippen molar-refractivity contribution in [3.05, 3.63) is 83.9 Å². The number of ether oxygens (including phenoxy) is 5. The van der Waals surface area contributed by atoms with Crippen molar-refractivity contribution in [2.45, 2.75) is 87.2 Å². The van der Waals surface area contributed by atoms with Gasteiger partial charge >= 0.3 is 24.3 Å². The van der Waals surface area contributed by atoms with Gasteiger partial charge in [-0.1, -0.05) is 74.5 Å². The fourth-order valence-electron chi connectivity index (χ4n) is 6.61. The first-order valence-electron chi connectivity index (χ1n) is 14.6. The first-order chi connectivity index (χ1) is 21.7. The summed E-state index contributed by atoms with van der Waals surface area (Å²) in [7, 11) is 1.47. The summed E-state index contributed by atoms with van der Waals surface area (Å²) in [5.74, 6) is -3.50. The number of carbonyl (C=O) groups is 2. The maximum atomic E-state index is 14.4. The molecule has 4 rings (SSSR count). The molecule has 1 saturated heterocycles. The number of fused-ring (bicyclic) bond motifs is 1. The van der Waals surface area contributed by atoms with Crippen LogP contribution < -0.4 is 0 Å². The van der Waals surface area contributed by atoms with Crippen LogP contribution in [0.2, 0.25) is 0 Å². The molecular weight excluding hydrogens is 638 g/mol. The molecule has 14 heteroatoms. The predicted molar refractivity (Wildman–Crippen MR) is 154 cm³/mol.